The van der Waals surface area contributed by atoms with E-state index in [1.165, 1.54) is 37.7 Å². The molecule has 3 N–H and O–H groups in total. The van der Waals surface area contributed by atoms with Crippen LogP contribution in [0, 0.1) is 11.8 Å². The fourth-order valence-electron chi connectivity index (χ4n) is 5.30. The summed E-state index contributed by atoms with van der Waals surface area (Å²) < 4.78 is 0. The van der Waals surface area contributed by atoms with Gasteiger partial charge in [0.2, 0.25) is 0 Å². The number of rotatable bonds is 2. The first-order valence-electron chi connectivity index (χ1n) is 7.00. The molecule has 4 aliphatic carbocycles. The molecule has 0 aliphatic heterocycles. The van der Waals surface area contributed by atoms with Gasteiger partial charge in [0.1, 0.15) is 0 Å². The van der Waals surface area contributed by atoms with Gasteiger partial charge in [-0.2, -0.15) is 0 Å². The van der Waals surface area contributed by atoms with Crippen molar-refractivity contribution in [2.75, 3.05) is 5.73 Å². The lowest BCUT2D eigenvalue weighted by atomic mass is 9.65. The molecule has 4 fully saturated rings. The van der Waals surface area contributed by atoms with Crippen LogP contribution in [0.15, 0.2) is 24.3 Å². The molecule has 1 aromatic carbocycles. The molecule has 18 heavy (non-hydrogen) atoms. The first-order valence-corrected chi connectivity index (χ1v) is 7.57. The van der Waals surface area contributed by atoms with Crippen LogP contribution in [0.3, 0.4) is 0 Å². The van der Waals surface area contributed by atoms with Crippen LogP contribution in [-0.4, -0.2) is 5.54 Å². The summed E-state index contributed by atoms with van der Waals surface area (Å²) in [5, 5.41) is 3.60. The summed E-state index contributed by atoms with van der Waals surface area (Å²) in [7, 11) is 2.79. The van der Waals surface area contributed by atoms with E-state index in [4.69, 9.17) is 5.73 Å². The van der Waals surface area contributed by atoms with Gasteiger partial charge in [-0.25, -0.2) is 0 Å². The molecule has 4 aliphatic rings. The lowest BCUT2D eigenvalue weighted by Crippen LogP contribution is -2.43. The third kappa shape index (κ3) is 1.31. The average Bonchev–Trinajstić information content (AvgIpc) is 2.74. The predicted octanol–water partition coefficient (Wildman–Crippen LogP) is 2.85. The first kappa shape index (κ1) is 11.3. The lowest BCUT2D eigenvalue weighted by molar-refractivity contribution is 0.216. The maximum atomic E-state index is 5.82. The summed E-state index contributed by atoms with van der Waals surface area (Å²) in [5.41, 5.74) is 9.07. The van der Waals surface area contributed by atoms with Crippen LogP contribution in [0.4, 0.5) is 5.69 Å². The van der Waals surface area contributed by atoms with Gasteiger partial charge in [-0.1, -0.05) is 21.5 Å². The molecule has 5 atom stereocenters. The molecule has 0 spiro atoms. The van der Waals surface area contributed by atoms with Gasteiger partial charge in [0.15, 0.2) is 0 Å². The second-order valence-corrected chi connectivity index (χ2v) is 7.08. The van der Waals surface area contributed by atoms with Crippen LogP contribution in [-0.2, 0) is 5.41 Å². The van der Waals surface area contributed by atoms with Gasteiger partial charge < -0.3 is 5.73 Å². The Morgan fingerprint density at radius 1 is 1.17 bits per heavy atom. The van der Waals surface area contributed by atoms with Gasteiger partial charge in [-0.3, -0.25) is 5.09 Å². The number of hydrogen-bond donors (Lipinski definition) is 2. The average molecular weight is 260 g/mol. The van der Waals surface area contributed by atoms with E-state index in [0.29, 0.717) is 11.0 Å². The standard InChI is InChI=1S/C15H21N2P/c16-13-3-1-11(2-4-13)14-6-10-5-12(8-14)15(7-10,9-14)17-18/h1-4,10,12,17H,5-9,16,18H2. The Morgan fingerprint density at radius 2 is 1.94 bits per heavy atom. The van der Waals surface area contributed by atoms with E-state index in [0.717, 1.165) is 17.5 Å². The summed E-state index contributed by atoms with van der Waals surface area (Å²) in [5.74, 6) is 1.81. The summed E-state index contributed by atoms with van der Waals surface area (Å²) in [6, 6.07) is 8.66. The van der Waals surface area contributed by atoms with E-state index in [-0.39, 0.29) is 0 Å². The van der Waals surface area contributed by atoms with Crippen LogP contribution >= 0.6 is 9.39 Å². The molecular formula is C15H21N2P. The topological polar surface area (TPSA) is 38.0 Å². The van der Waals surface area contributed by atoms with Crippen molar-refractivity contribution in [1.82, 2.24) is 5.09 Å². The Morgan fingerprint density at radius 3 is 2.61 bits per heavy atom. The molecule has 0 aromatic heterocycles. The Labute approximate surface area is 111 Å². The highest BCUT2D eigenvalue weighted by Gasteiger charge is 2.63. The molecular weight excluding hydrogens is 239 g/mol. The van der Waals surface area contributed by atoms with E-state index in [2.05, 4.69) is 38.7 Å². The van der Waals surface area contributed by atoms with Crippen molar-refractivity contribution in [1.29, 1.82) is 0 Å². The summed E-state index contributed by atoms with van der Waals surface area (Å²) in [6.45, 7) is 0. The molecule has 3 heteroatoms. The number of anilines is 1. The third-order valence-corrected chi connectivity index (χ3v) is 6.41. The van der Waals surface area contributed by atoms with Crippen LogP contribution in [0.5, 0.6) is 0 Å². The van der Waals surface area contributed by atoms with E-state index < -0.39 is 0 Å². The maximum absolute atomic E-state index is 5.82. The van der Waals surface area contributed by atoms with Gasteiger partial charge in [0.25, 0.3) is 0 Å². The van der Waals surface area contributed by atoms with Gasteiger partial charge >= 0.3 is 0 Å². The van der Waals surface area contributed by atoms with Crippen molar-refractivity contribution in [2.24, 2.45) is 11.8 Å². The zero-order valence-electron chi connectivity index (χ0n) is 10.7. The molecule has 0 radical (unpaired) electrons. The Hall–Kier alpha value is -0.590. The minimum atomic E-state index is 0.412. The predicted molar refractivity (Wildman–Crippen MR) is 78.2 cm³/mol. The molecule has 4 bridgehead atoms. The summed E-state index contributed by atoms with van der Waals surface area (Å²) in [6.07, 6.45) is 6.90. The van der Waals surface area contributed by atoms with Gasteiger partial charge in [-0.05, 0) is 67.1 Å². The molecule has 0 heterocycles. The zero-order chi connectivity index (χ0) is 12.4. The minimum absolute atomic E-state index is 0.412. The number of nitrogen functional groups attached to an aromatic ring is 1. The number of benzene rings is 1. The Balaban J connectivity index is 1.76. The smallest absolute Gasteiger partial charge is 0.0314 e. The lowest BCUT2D eigenvalue weighted by Gasteiger charge is -2.41. The number of nitrogens with two attached hydrogens (primary N) is 1. The van der Waals surface area contributed by atoms with Crippen LogP contribution in [0.2, 0.25) is 0 Å². The van der Waals surface area contributed by atoms with Crippen LogP contribution < -0.4 is 10.8 Å². The highest BCUT2D eigenvalue weighted by Crippen LogP contribution is 2.66. The normalized spacial score (nSPS) is 44.7. The van der Waals surface area contributed by atoms with E-state index in [1.54, 1.807) is 0 Å². The highest BCUT2D eigenvalue weighted by molar-refractivity contribution is 7.13. The van der Waals surface area contributed by atoms with Crippen LogP contribution in [0.25, 0.3) is 0 Å². The van der Waals surface area contributed by atoms with Gasteiger partial charge in [0, 0.05) is 11.2 Å². The SMILES string of the molecule is Nc1ccc(C23CC4CC(C2)C(NP)(C4)C3)cc1. The van der Waals surface area contributed by atoms with Crippen molar-refractivity contribution < 1.29 is 0 Å². The maximum Gasteiger partial charge on any atom is 0.0314 e. The largest absolute Gasteiger partial charge is 0.399 e. The van der Waals surface area contributed by atoms with Crippen molar-refractivity contribution in [2.45, 2.75) is 43.1 Å². The molecule has 96 valence electrons. The third-order valence-electron chi connectivity index (χ3n) is 5.83. The number of nitrogens with one attached hydrogen (secondary N) is 1. The first-order chi connectivity index (χ1) is 8.66. The highest BCUT2D eigenvalue weighted by atomic mass is 31.0. The second kappa shape index (κ2) is 3.49. The van der Waals surface area contributed by atoms with E-state index in [1.807, 2.05) is 0 Å². The fourth-order valence-corrected chi connectivity index (χ4v) is 5.76. The monoisotopic (exact) mass is 260 g/mol. The molecule has 5 rings (SSSR count). The molecule has 0 saturated heterocycles. The van der Waals surface area contributed by atoms with Crippen molar-refractivity contribution >= 4 is 15.1 Å². The van der Waals surface area contributed by atoms with E-state index in [9.17, 15) is 0 Å². The van der Waals surface area contributed by atoms with Crippen molar-refractivity contribution in [3.05, 3.63) is 29.8 Å². The van der Waals surface area contributed by atoms with Gasteiger partial charge in [-0.15, -0.1) is 0 Å². The fraction of sp³-hybridized carbons (Fsp3) is 0.600. The number of hydrogen-bond acceptors (Lipinski definition) is 2. The summed E-state index contributed by atoms with van der Waals surface area (Å²) in [4.78, 5) is 0. The van der Waals surface area contributed by atoms with Crippen molar-refractivity contribution in [3.63, 3.8) is 0 Å². The molecule has 4 saturated carbocycles. The minimum Gasteiger partial charge on any atom is -0.399 e. The molecule has 0 amide bonds. The molecule has 2 nitrogen and oxygen atoms in total. The Bertz CT molecular complexity index is 486. The Kier molecular flexibility index (Phi) is 2.18. The van der Waals surface area contributed by atoms with E-state index >= 15 is 0 Å². The second-order valence-electron chi connectivity index (χ2n) is 6.79. The quantitative estimate of drug-likeness (QED) is 0.634. The zero-order valence-corrected chi connectivity index (χ0v) is 11.8. The van der Waals surface area contributed by atoms with Crippen LogP contribution in [0.1, 0.15) is 37.7 Å². The molecule has 5 unspecified atom stereocenters. The summed E-state index contributed by atoms with van der Waals surface area (Å²) >= 11 is 0. The van der Waals surface area contributed by atoms with Gasteiger partial charge in [0.05, 0.1) is 0 Å². The molecule has 1 aromatic rings. The van der Waals surface area contributed by atoms with Crippen molar-refractivity contribution in [3.8, 4) is 0 Å².